The SMILES string of the molecule is CC(C)C[C@H]1NC(=O)[C@@H](C)NC(=O)c2cc(on2)CN(Cc2ccccc2)CCNC(=O)[C@@H](Cc2ccccc2)NC1=O. The van der Waals surface area contributed by atoms with Gasteiger partial charge in [-0.3, -0.25) is 24.1 Å². The lowest BCUT2D eigenvalue weighted by Crippen LogP contribution is -2.57. The van der Waals surface area contributed by atoms with Gasteiger partial charge in [0.15, 0.2) is 11.5 Å². The Kier molecular flexibility index (Phi) is 11.0. The first-order chi connectivity index (χ1) is 20.7. The maximum atomic E-state index is 13.5. The van der Waals surface area contributed by atoms with E-state index in [9.17, 15) is 19.2 Å². The van der Waals surface area contributed by atoms with Crippen LogP contribution in [0.15, 0.2) is 71.3 Å². The minimum absolute atomic E-state index is 0.0453. The normalized spacial score (nSPS) is 21.3. The third-order valence-electron chi connectivity index (χ3n) is 7.14. The highest BCUT2D eigenvalue weighted by atomic mass is 16.5. The van der Waals surface area contributed by atoms with Crippen molar-refractivity contribution in [2.45, 2.75) is 64.8 Å². The zero-order valence-electron chi connectivity index (χ0n) is 24.8. The molecule has 0 aliphatic carbocycles. The summed E-state index contributed by atoms with van der Waals surface area (Å²) in [6, 6.07) is 18.1. The molecule has 0 saturated carbocycles. The summed E-state index contributed by atoms with van der Waals surface area (Å²) in [6.07, 6.45) is 0.626. The van der Waals surface area contributed by atoms with Crippen LogP contribution in [-0.2, 0) is 33.9 Å². The lowest BCUT2D eigenvalue weighted by molar-refractivity contribution is -0.132. The van der Waals surface area contributed by atoms with Gasteiger partial charge in [-0.2, -0.15) is 0 Å². The van der Waals surface area contributed by atoms with Gasteiger partial charge in [-0.15, -0.1) is 0 Å². The summed E-state index contributed by atoms with van der Waals surface area (Å²) >= 11 is 0. The van der Waals surface area contributed by atoms with Gasteiger partial charge in [-0.25, -0.2) is 0 Å². The molecule has 4 rings (SSSR count). The van der Waals surface area contributed by atoms with Crippen molar-refractivity contribution in [3.8, 4) is 0 Å². The second kappa shape index (κ2) is 15.1. The van der Waals surface area contributed by atoms with Gasteiger partial charge in [0.1, 0.15) is 18.1 Å². The van der Waals surface area contributed by atoms with Crippen molar-refractivity contribution < 1.29 is 23.7 Å². The molecule has 0 saturated heterocycles. The number of hydrogen-bond donors (Lipinski definition) is 4. The van der Waals surface area contributed by atoms with Crippen molar-refractivity contribution in [2.75, 3.05) is 13.1 Å². The first kappa shape index (κ1) is 31.4. The molecule has 43 heavy (non-hydrogen) atoms. The van der Waals surface area contributed by atoms with Gasteiger partial charge in [0.25, 0.3) is 5.91 Å². The number of benzene rings is 2. The van der Waals surface area contributed by atoms with Gasteiger partial charge in [0, 0.05) is 32.1 Å². The van der Waals surface area contributed by atoms with Crippen LogP contribution in [0.2, 0.25) is 0 Å². The van der Waals surface area contributed by atoms with E-state index in [1.165, 1.54) is 6.92 Å². The fraction of sp³-hybridized carbons (Fsp3) is 0.406. The van der Waals surface area contributed by atoms with Gasteiger partial charge < -0.3 is 25.8 Å². The van der Waals surface area contributed by atoms with Crippen LogP contribution in [0.3, 0.4) is 0 Å². The number of rotatable bonds is 6. The van der Waals surface area contributed by atoms with E-state index in [0.717, 1.165) is 11.1 Å². The standard InChI is InChI=1S/C32H40N6O5/c1-21(2)16-26-31(41)36-27(17-23-10-6-4-7-11-23)30(40)33-14-15-38(19-24-12-8-5-9-13-24)20-25-18-28(37-43-25)32(42)34-22(3)29(39)35-26/h4-13,18,21-22,26-27H,14-17,19-20H2,1-3H3,(H,33,40)(H,34,42)(H,35,39)(H,36,41)/t22-,26-,27-/m1/s1. The van der Waals surface area contributed by atoms with E-state index in [2.05, 4.69) is 31.3 Å². The Morgan fingerprint density at radius 1 is 0.860 bits per heavy atom. The van der Waals surface area contributed by atoms with Crippen molar-refractivity contribution in [3.05, 3.63) is 89.3 Å². The monoisotopic (exact) mass is 588 g/mol. The van der Waals surface area contributed by atoms with Crippen LogP contribution in [0.1, 0.15) is 54.6 Å². The molecule has 2 bridgehead atoms. The highest BCUT2D eigenvalue weighted by Crippen LogP contribution is 2.13. The van der Waals surface area contributed by atoms with Gasteiger partial charge in [-0.05, 0) is 30.4 Å². The zero-order chi connectivity index (χ0) is 30.8. The van der Waals surface area contributed by atoms with Crippen LogP contribution in [0.5, 0.6) is 0 Å². The Labute approximate surface area is 251 Å². The molecule has 2 aromatic carbocycles. The summed E-state index contributed by atoms with van der Waals surface area (Å²) in [7, 11) is 0. The molecule has 3 atom stereocenters. The maximum absolute atomic E-state index is 13.5. The Bertz CT molecular complexity index is 1380. The first-order valence-electron chi connectivity index (χ1n) is 14.6. The van der Waals surface area contributed by atoms with Crippen LogP contribution < -0.4 is 21.3 Å². The molecule has 2 heterocycles. The lowest BCUT2D eigenvalue weighted by Gasteiger charge is -2.26. The molecule has 11 heteroatoms. The highest BCUT2D eigenvalue weighted by molar-refractivity contribution is 5.97. The predicted molar refractivity (Wildman–Crippen MR) is 160 cm³/mol. The zero-order valence-corrected chi connectivity index (χ0v) is 24.8. The number of fused-ring (bicyclic) bond motifs is 2. The predicted octanol–water partition coefficient (Wildman–Crippen LogP) is 2.18. The first-order valence-corrected chi connectivity index (χ1v) is 14.6. The quantitative estimate of drug-likeness (QED) is 0.345. The fourth-order valence-electron chi connectivity index (χ4n) is 4.90. The van der Waals surface area contributed by atoms with Crippen molar-refractivity contribution in [2.24, 2.45) is 5.92 Å². The molecule has 4 amide bonds. The van der Waals surface area contributed by atoms with E-state index in [1.54, 1.807) is 6.07 Å². The van der Waals surface area contributed by atoms with E-state index in [0.29, 0.717) is 38.4 Å². The Hall–Kier alpha value is -4.51. The van der Waals surface area contributed by atoms with Crippen molar-refractivity contribution in [1.29, 1.82) is 0 Å². The van der Waals surface area contributed by atoms with E-state index in [-0.39, 0.29) is 23.9 Å². The summed E-state index contributed by atoms with van der Waals surface area (Å²) in [4.78, 5) is 55.0. The molecule has 1 aliphatic heterocycles. The topological polar surface area (TPSA) is 146 Å². The second-order valence-electron chi connectivity index (χ2n) is 11.3. The molecule has 1 aliphatic rings. The van der Waals surface area contributed by atoms with Crippen molar-refractivity contribution in [1.82, 2.24) is 31.3 Å². The number of nitrogens with zero attached hydrogens (tertiary/aromatic N) is 2. The van der Waals surface area contributed by atoms with Crippen LogP contribution in [0.25, 0.3) is 0 Å². The lowest BCUT2D eigenvalue weighted by atomic mass is 10.0. The largest absolute Gasteiger partial charge is 0.359 e. The van der Waals surface area contributed by atoms with Gasteiger partial charge in [0.2, 0.25) is 17.7 Å². The van der Waals surface area contributed by atoms with E-state index in [1.807, 2.05) is 74.5 Å². The maximum Gasteiger partial charge on any atom is 0.274 e. The van der Waals surface area contributed by atoms with Gasteiger partial charge in [-0.1, -0.05) is 79.7 Å². The number of carbonyl (C=O) groups excluding carboxylic acids is 4. The summed E-state index contributed by atoms with van der Waals surface area (Å²) in [6.45, 7) is 7.08. The summed E-state index contributed by atoms with van der Waals surface area (Å²) < 4.78 is 5.47. The summed E-state index contributed by atoms with van der Waals surface area (Å²) in [5, 5.41) is 15.2. The smallest absolute Gasteiger partial charge is 0.274 e. The summed E-state index contributed by atoms with van der Waals surface area (Å²) in [5.74, 6) is -1.34. The highest BCUT2D eigenvalue weighted by Gasteiger charge is 2.30. The Morgan fingerprint density at radius 3 is 2.19 bits per heavy atom. The summed E-state index contributed by atoms with van der Waals surface area (Å²) in [5.41, 5.74) is 2.00. The van der Waals surface area contributed by atoms with E-state index in [4.69, 9.17) is 4.52 Å². The van der Waals surface area contributed by atoms with Crippen LogP contribution in [-0.4, -0.2) is 64.9 Å². The van der Waals surface area contributed by atoms with E-state index < -0.39 is 35.8 Å². The number of carbonyl (C=O) groups is 4. The molecule has 0 fully saturated rings. The molecule has 228 valence electrons. The third-order valence-corrected chi connectivity index (χ3v) is 7.14. The van der Waals surface area contributed by atoms with Crippen molar-refractivity contribution in [3.63, 3.8) is 0 Å². The second-order valence-corrected chi connectivity index (χ2v) is 11.3. The minimum Gasteiger partial charge on any atom is -0.359 e. The van der Waals surface area contributed by atoms with E-state index >= 15 is 0 Å². The molecule has 11 nitrogen and oxygen atoms in total. The number of amides is 4. The van der Waals surface area contributed by atoms with Gasteiger partial charge >= 0.3 is 0 Å². The Balaban J connectivity index is 1.61. The average molecular weight is 589 g/mol. The Morgan fingerprint density at radius 2 is 1.51 bits per heavy atom. The minimum atomic E-state index is -0.952. The van der Waals surface area contributed by atoms with Crippen LogP contribution >= 0.6 is 0 Å². The molecule has 0 unspecified atom stereocenters. The molecule has 0 spiro atoms. The molecular weight excluding hydrogens is 548 g/mol. The number of nitrogens with one attached hydrogen (secondary N) is 4. The van der Waals surface area contributed by atoms with Crippen molar-refractivity contribution >= 4 is 23.6 Å². The van der Waals surface area contributed by atoms with Crippen LogP contribution in [0.4, 0.5) is 0 Å². The number of hydrogen-bond acceptors (Lipinski definition) is 7. The fourth-order valence-corrected chi connectivity index (χ4v) is 4.90. The van der Waals surface area contributed by atoms with Gasteiger partial charge in [0.05, 0.1) is 6.54 Å². The molecule has 4 N–H and O–H groups in total. The number of aromatic nitrogens is 1. The molecule has 1 aromatic heterocycles. The average Bonchev–Trinajstić information content (AvgIpc) is 3.45. The third kappa shape index (κ3) is 9.50. The molecular formula is C32H40N6O5. The molecule has 0 radical (unpaired) electrons. The van der Waals surface area contributed by atoms with Crippen LogP contribution in [0, 0.1) is 5.92 Å². The molecule has 3 aromatic rings.